The van der Waals surface area contributed by atoms with Gasteiger partial charge in [-0.2, -0.15) is 5.10 Å². The summed E-state index contributed by atoms with van der Waals surface area (Å²) in [6, 6.07) is 0. The molecule has 0 saturated carbocycles. The lowest BCUT2D eigenvalue weighted by Gasteiger charge is -1.98. The number of hydrogen-bond acceptors (Lipinski definition) is 3. The van der Waals surface area contributed by atoms with Gasteiger partial charge in [0.15, 0.2) is 0 Å². The second-order valence-corrected chi connectivity index (χ2v) is 1.53. The van der Waals surface area contributed by atoms with E-state index in [1.807, 2.05) is 0 Å². The van der Waals surface area contributed by atoms with Crippen LogP contribution >= 0.6 is 0 Å². The highest BCUT2D eigenvalue weighted by atomic mass is 16.5. The second kappa shape index (κ2) is 3.83. The Morgan fingerprint density at radius 2 is 2.11 bits per heavy atom. The largest absolute Gasteiger partial charge is 0.480 e. The molecule has 0 unspecified atom stereocenters. The first kappa shape index (κ1) is 7.88. The lowest BCUT2D eigenvalue weighted by atomic mass is 10.3. The average molecular weight is 126 g/mol. The summed E-state index contributed by atoms with van der Waals surface area (Å²) in [4.78, 5) is 0. The van der Waals surface area contributed by atoms with Gasteiger partial charge in [-0.25, -0.2) is 0 Å². The van der Waals surface area contributed by atoms with Crippen molar-refractivity contribution in [2.45, 2.75) is 6.92 Å². The molecule has 0 bridgehead atoms. The molecule has 0 rings (SSSR count). The standard InChI is InChI=1S/C6H10N2O/c1-5(2)6(9-4)8-7-3/h1,3H2,2,4H3/b8-6+. The van der Waals surface area contributed by atoms with Gasteiger partial charge in [0.25, 0.3) is 0 Å². The third-order valence-electron chi connectivity index (χ3n) is 0.720. The fraction of sp³-hybridized carbons (Fsp3) is 0.333. The number of ether oxygens (including phenoxy) is 1. The molecular formula is C6H10N2O. The van der Waals surface area contributed by atoms with Gasteiger partial charge < -0.3 is 4.74 Å². The summed E-state index contributed by atoms with van der Waals surface area (Å²) < 4.78 is 4.77. The van der Waals surface area contributed by atoms with Crippen molar-refractivity contribution in [3.8, 4) is 0 Å². The minimum absolute atomic E-state index is 0.421. The molecule has 0 aromatic heterocycles. The topological polar surface area (TPSA) is 34.0 Å². The van der Waals surface area contributed by atoms with Crippen molar-refractivity contribution < 1.29 is 4.74 Å². The van der Waals surface area contributed by atoms with Crippen LogP contribution in [0.4, 0.5) is 0 Å². The Labute approximate surface area is 54.7 Å². The minimum atomic E-state index is 0.421. The number of rotatable bonds is 2. The monoisotopic (exact) mass is 126 g/mol. The van der Waals surface area contributed by atoms with Crippen molar-refractivity contribution in [2.24, 2.45) is 10.2 Å². The van der Waals surface area contributed by atoms with Crippen LogP contribution in [0.3, 0.4) is 0 Å². The smallest absolute Gasteiger partial charge is 0.235 e. The van der Waals surface area contributed by atoms with Gasteiger partial charge in [-0.05, 0) is 6.92 Å². The van der Waals surface area contributed by atoms with Gasteiger partial charge in [-0.1, -0.05) is 6.58 Å². The summed E-state index contributed by atoms with van der Waals surface area (Å²) in [5.41, 5.74) is 0.741. The van der Waals surface area contributed by atoms with E-state index >= 15 is 0 Å². The maximum absolute atomic E-state index is 4.77. The molecule has 0 radical (unpaired) electrons. The molecule has 3 heteroatoms. The van der Waals surface area contributed by atoms with Gasteiger partial charge in [0.2, 0.25) is 5.90 Å². The van der Waals surface area contributed by atoms with E-state index in [9.17, 15) is 0 Å². The maximum Gasteiger partial charge on any atom is 0.235 e. The number of hydrogen-bond donors (Lipinski definition) is 0. The first-order valence-corrected chi connectivity index (χ1v) is 2.46. The molecule has 0 aliphatic carbocycles. The normalized spacial score (nSPS) is 10.7. The average Bonchev–Trinajstić information content (AvgIpc) is 1.82. The molecule has 0 atom stereocenters. The first-order valence-electron chi connectivity index (χ1n) is 2.46. The van der Waals surface area contributed by atoms with E-state index in [0.29, 0.717) is 5.90 Å². The van der Waals surface area contributed by atoms with E-state index in [1.54, 1.807) is 6.92 Å². The highest BCUT2D eigenvalue weighted by Gasteiger charge is 1.94. The predicted octanol–water partition coefficient (Wildman–Crippen LogP) is 1.22. The van der Waals surface area contributed by atoms with Crippen molar-refractivity contribution >= 4 is 12.6 Å². The number of nitrogens with zero attached hydrogens (tertiary/aromatic N) is 2. The summed E-state index contributed by atoms with van der Waals surface area (Å²) >= 11 is 0. The Morgan fingerprint density at radius 1 is 1.56 bits per heavy atom. The molecule has 0 fully saturated rings. The summed E-state index contributed by atoms with van der Waals surface area (Å²) in [6.45, 7) is 8.56. The highest BCUT2D eigenvalue weighted by Crippen LogP contribution is 1.93. The first-order chi connectivity index (χ1) is 4.22. The molecule has 0 aromatic rings. The van der Waals surface area contributed by atoms with Crippen molar-refractivity contribution in [3.05, 3.63) is 12.2 Å². The molecule has 0 N–H and O–H groups in total. The zero-order valence-corrected chi connectivity index (χ0v) is 5.72. The molecule has 0 aliphatic rings. The lowest BCUT2D eigenvalue weighted by molar-refractivity contribution is 0.402. The molecule has 0 heterocycles. The van der Waals surface area contributed by atoms with E-state index in [2.05, 4.69) is 23.5 Å². The zero-order valence-electron chi connectivity index (χ0n) is 5.72. The van der Waals surface area contributed by atoms with Gasteiger partial charge in [-0.3, -0.25) is 0 Å². The lowest BCUT2D eigenvalue weighted by Crippen LogP contribution is -2.00. The van der Waals surface area contributed by atoms with Crippen LogP contribution in [0.2, 0.25) is 0 Å². The van der Waals surface area contributed by atoms with Crippen LogP contribution in [0.15, 0.2) is 22.4 Å². The highest BCUT2D eigenvalue weighted by molar-refractivity contribution is 5.92. The van der Waals surface area contributed by atoms with E-state index in [4.69, 9.17) is 4.74 Å². The number of methoxy groups -OCH3 is 1. The maximum atomic E-state index is 4.77. The SMILES string of the molecule is C=N/N=C(/OC)C(=C)C. The predicted molar refractivity (Wildman–Crippen MR) is 38.8 cm³/mol. The quantitative estimate of drug-likeness (QED) is 0.311. The summed E-state index contributed by atoms with van der Waals surface area (Å²) in [7, 11) is 1.51. The minimum Gasteiger partial charge on any atom is -0.480 e. The zero-order chi connectivity index (χ0) is 7.28. The van der Waals surface area contributed by atoms with Gasteiger partial charge in [0.05, 0.1) is 7.11 Å². The van der Waals surface area contributed by atoms with Gasteiger partial charge >= 0.3 is 0 Å². The molecule has 50 valence electrons. The summed E-state index contributed by atoms with van der Waals surface area (Å²) in [6.07, 6.45) is 0. The molecule has 0 amide bonds. The van der Waals surface area contributed by atoms with E-state index in [1.165, 1.54) is 7.11 Å². The van der Waals surface area contributed by atoms with Gasteiger partial charge in [0, 0.05) is 12.3 Å². The summed E-state index contributed by atoms with van der Waals surface area (Å²) in [5.74, 6) is 0.421. The molecule has 9 heavy (non-hydrogen) atoms. The van der Waals surface area contributed by atoms with Crippen LogP contribution in [0.5, 0.6) is 0 Å². The fourth-order valence-corrected chi connectivity index (χ4v) is 0.365. The molecular weight excluding hydrogens is 116 g/mol. The van der Waals surface area contributed by atoms with E-state index < -0.39 is 0 Å². The Bertz CT molecular complexity index is 149. The van der Waals surface area contributed by atoms with Crippen molar-refractivity contribution in [2.75, 3.05) is 7.11 Å². The summed E-state index contributed by atoms with van der Waals surface area (Å²) in [5, 5.41) is 6.83. The third-order valence-corrected chi connectivity index (χ3v) is 0.720. The fourth-order valence-electron chi connectivity index (χ4n) is 0.365. The van der Waals surface area contributed by atoms with Crippen LogP contribution < -0.4 is 0 Å². The second-order valence-electron chi connectivity index (χ2n) is 1.53. The molecule has 0 spiro atoms. The Morgan fingerprint density at radius 3 is 2.22 bits per heavy atom. The van der Waals surface area contributed by atoms with Gasteiger partial charge in [-0.15, -0.1) is 5.10 Å². The molecule has 0 aromatic carbocycles. The molecule has 0 saturated heterocycles. The van der Waals surface area contributed by atoms with Crippen LogP contribution in [0, 0.1) is 0 Å². The van der Waals surface area contributed by atoms with Crippen LogP contribution in [-0.2, 0) is 4.74 Å². The Kier molecular flexibility index (Phi) is 3.35. The molecule has 0 aliphatic heterocycles. The Balaban J connectivity index is 4.14. The van der Waals surface area contributed by atoms with Crippen LogP contribution in [0.25, 0.3) is 0 Å². The van der Waals surface area contributed by atoms with E-state index in [-0.39, 0.29) is 0 Å². The van der Waals surface area contributed by atoms with Gasteiger partial charge in [0.1, 0.15) is 0 Å². The molecule has 3 nitrogen and oxygen atoms in total. The van der Waals surface area contributed by atoms with E-state index in [0.717, 1.165) is 5.57 Å². The Hall–Kier alpha value is -1.12. The van der Waals surface area contributed by atoms with Crippen molar-refractivity contribution in [3.63, 3.8) is 0 Å². The van der Waals surface area contributed by atoms with Crippen LogP contribution in [0.1, 0.15) is 6.92 Å². The van der Waals surface area contributed by atoms with Crippen LogP contribution in [-0.4, -0.2) is 19.7 Å². The van der Waals surface area contributed by atoms with Crippen molar-refractivity contribution in [1.29, 1.82) is 0 Å². The third kappa shape index (κ3) is 2.64. The van der Waals surface area contributed by atoms with Crippen molar-refractivity contribution in [1.82, 2.24) is 0 Å².